The molecule has 0 saturated carbocycles. The highest BCUT2D eigenvalue weighted by Gasteiger charge is 2.44. The number of aliphatic carboxylic acids is 1. The van der Waals surface area contributed by atoms with Crippen LogP contribution < -0.4 is 10.1 Å². The van der Waals surface area contributed by atoms with E-state index in [-0.39, 0.29) is 19.1 Å². The first-order valence-corrected chi connectivity index (χ1v) is 6.83. The lowest BCUT2D eigenvalue weighted by atomic mass is 9.98. The van der Waals surface area contributed by atoms with E-state index in [1.807, 2.05) is 13.8 Å². The summed E-state index contributed by atoms with van der Waals surface area (Å²) in [6.45, 7) is 4.14. The maximum atomic E-state index is 12.2. The molecule has 0 spiro atoms. The van der Waals surface area contributed by atoms with Gasteiger partial charge in [-0.1, -0.05) is 0 Å². The molecule has 6 nitrogen and oxygen atoms in total. The third-order valence-electron chi connectivity index (χ3n) is 3.27. The number of hydrogen-bond acceptors (Lipinski definition) is 4. The lowest BCUT2D eigenvalue weighted by Crippen LogP contribution is -2.55. The summed E-state index contributed by atoms with van der Waals surface area (Å²) < 4.78 is 10.6. The topological polar surface area (TPSA) is 84.9 Å². The fourth-order valence-corrected chi connectivity index (χ4v) is 2.13. The van der Waals surface area contributed by atoms with Crippen LogP contribution in [0.15, 0.2) is 24.3 Å². The summed E-state index contributed by atoms with van der Waals surface area (Å²) in [7, 11) is 0. The van der Waals surface area contributed by atoms with Crippen LogP contribution in [0.1, 0.15) is 30.6 Å². The predicted octanol–water partition coefficient (Wildman–Crippen LogP) is 1.45. The van der Waals surface area contributed by atoms with Crippen LogP contribution in [0, 0.1) is 0 Å². The van der Waals surface area contributed by atoms with E-state index in [0.29, 0.717) is 17.9 Å². The second kappa shape index (κ2) is 6.13. The molecule has 1 amide bonds. The van der Waals surface area contributed by atoms with E-state index in [1.54, 1.807) is 24.3 Å². The van der Waals surface area contributed by atoms with Crippen LogP contribution in [0.2, 0.25) is 0 Å². The van der Waals surface area contributed by atoms with Crippen molar-refractivity contribution in [3.05, 3.63) is 29.8 Å². The molecule has 1 aromatic carbocycles. The Labute approximate surface area is 123 Å². The van der Waals surface area contributed by atoms with Crippen molar-refractivity contribution in [2.75, 3.05) is 13.2 Å². The van der Waals surface area contributed by atoms with Crippen molar-refractivity contribution in [2.24, 2.45) is 0 Å². The Morgan fingerprint density at radius 2 is 2.00 bits per heavy atom. The van der Waals surface area contributed by atoms with Gasteiger partial charge < -0.3 is 19.9 Å². The van der Waals surface area contributed by atoms with Crippen LogP contribution in [-0.2, 0) is 9.53 Å². The minimum absolute atomic E-state index is 0.0113. The Morgan fingerprint density at radius 1 is 1.33 bits per heavy atom. The largest absolute Gasteiger partial charge is 0.491 e. The number of hydrogen-bond donors (Lipinski definition) is 2. The van der Waals surface area contributed by atoms with E-state index in [9.17, 15) is 14.7 Å². The van der Waals surface area contributed by atoms with Gasteiger partial charge >= 0.3 is 5.97 Å². The molecule has 0 aliphatic carbocycles. The molecule has 2 rings (SSSR count). The number of ether oxygens (including phenoxy) is 2. The third kappa shape index (κ3) is 3.52. The van der Waals surface area contributed by atoms with Gasteiger partial charge in [0.05, 0.1) is 12.7 Å². The van der Waals surface area contributed by atoms with Crippen LogP contribution >= 0.6 is 0 Å². The Balaban J connectivity index is 2.07. The number of nitrogens with one attached hydrogen (secondary N) is 1. The van der Waals surface area contributed by atoms with Gasteiger partial charge in [-0.05, 0) is 38.1 Å². The maximum Gasteiger partial charge on any atom is 0.331 e. The fraction of sp³-hybridized carbons (Fsp3) is 0.467. The normalized spacial score (nSPS) is 21.3. The molecule has 1 aliphatic rings. The van der Waals surface area contributed by atoms with Gasteiger partial charge in [-0.2, -0.15) is 0 Å². The molecule has 114 valence electrons. The maximum absolute atomic E-state index is 12.2. The number of carboxylic acid groups (broad SMARTS) is 1. The zero-order chi connectivity index (χ0) is 15.5. The monoisotopic (exact) mass is 293 g/mol. The highest BCUT2D eigenvalue weighted by molar-refractivity contribution is 5.98. The number of amides is 1. The average Bonchev–Trinajstić information content (AvgIpc) is 2.88. The molecule has 21 heavy (non-hydrogen) atoms. The van der Waals surface area contributed by atoms with Crippen LogP contribution in [0.4, 0.5) is 0 Å². The van der Waals surface area contributed by atoms with Crippen molar-refractivity contribution in [3.8, 4) is 5.75 Å². The second-order valence-corrected chi connectivity index (χ2v) is 5.33. The summed E-state index contributed by atoms with van der Waals surface area (Å²) in [6, 6.07) is 6.60. The van der Waals surface area contributed by atoms with Gasteiger partial charge in [0.2, 0.25) is 0 Å². The van der Waals surface area contributed by atoms with Crippen molar-refractivity contribution in [3.63, 3.8) is 0 Å². The Bertz CT molecular complexity index is 517. The van der Waals surface area contributed by atoms with E-state index >= 15 is 0 Å². The highest BCUT2D eigenvalue weighted by atomic mass is 16.5. The van der Waals surface area contributed by atoms with E-state index in [1.165, 1.54) is 0 Å². The van der Waals surface area contributed by atoms with Crippen molar-refractivity contribution in [1.82, 2.24) is 5.32 Å². The van der Waals surface area contributed by atoms with Crippen LogP contribution in [0.25, 0.3) is 0 Å². The van der Waals surface area contributed by atoms with E-state index in [4.69, 9.17) is 9.47 Å². The number of rotatable bonds is 5. The van der Waals surface area contributed by atoms with Crippen molar-refractivity contribution < 1.29 is 24.2 Å². The summed E-state index contributed by atoms with van der Waals surface area (Å²) in [5.41, 5.74) is -0.942. The summed E-state index contributed by atoms with van der Waals surface area (Å²) in [5.74, 6) is -0.842. The Kier molecular flexibility index (Phi) is 4.47. The summed E-state index contributed by atoms with van der Waals surface area (Å²) in [4.78, 5) is 23.5. The van der Waals surface area contributed by atoms with E-state index in [2.05, 4.69) is 5.32 Å². The van der Waals surface area contributed by atoms with Crippen LogP contribution in [0.3, 0.4) is 0 Å². The Hall–Kier alpha value is -2.08. The quantitative estimate of drug-likeness (QED) is 0.858. The molecule has 1 saturated heterocycles. The SMILES string of the molecule is CC(C)Oc1ccc(C(=O)NC2(C(=O)O)CCOC2)cc1. The predicted molar refractivity (Wildman–Crippen MR) is 75.5 cm³/mol. The molecule has 0 aromatic heterocycles. The van der Waals surface area contributed by atoms with Crippen LogP contribution in [0.5, 0.6) is 5.75 Å². The van der Waals surface area contributed by atoms with Gasteiger partial charge in [-0.15, -0.1) is 0 Å². The van der Waals surface area contributed by atoms with E-state index < -0.39 is 17.4 Å². The highest BCUT2D eigenvalue weighted by Crippen LogP contribution is 2.20. The summed E-state index contributed by atoms with van der Waals surface area (Å²) in [5, 5.41) is 11.9. The number of carbonyl (C=O) groups is 2. The first kappa shape index (κ1) is 15.3. The minimum atomic E-state index is -1.33. The molecule has 0 bridgehead atoms. The fourth-order valence-electron chi connectivity index (χ4n) is 2.13. The molecule has 1 atom stereocenters. The smallest absolute Gasteiger partial charge is 0.331 e. The molecular formula is C15H19NO5. The molecule has 1 aliphatic heterocycles. The molecule has 2 N–H and O–H groups in total. The average molecular weight is 293 g/mol. The second-order valence-electron chi connectivity index (χ2n) is 5.33. The van der Waals surface area contributed by atoms with Crippen LogP contribution in [-0.4, -0.2) is 41.8 Å². The first-order chi connectivity index (χ1) is 9.93. The molecular weight excluding hydrogens is 274 g/mol. The van der Waals surface area contributed by atoms with Crippen molar-refractivity contribution >= 4 is 11.9 Å². The summed E-state index contributed by atoms with van der Waals surface area (Å²) in [6.07, 6.45) is 0.318. The molecule has 1 unspecified atom stereocenters. The van der Waals surface area contributed by atoms with Gasteiger partial charge in [-0.25, -0.2) is 4.79 Å². The number of carbonyl (C=O) groups excluding carboxylic acids is 1. The Morgan fingerprint density at radius 3 is 2.48 bits per heavy atom. The van der Waals surface area contributed by atoms with Gasteiger partial charge in [0.1, 0.15) is 5.75 Å². The third-order valence-corrected chi connectivity index (χ3v) is 3.27. The number of carboxylic acids is 1. The standard InChI is InChI=1S/C15H19NO5/c1-10(2)21-12-5-3-11(4-6-12)13(17)16-15(14(18)19)7-8-20-9-15/h3-6,10H,7-9H2,1-2H3,(H,16,17)(H,18,19). The molecule has 0 radical (unpaired) electrons. The summed E-state index contributed by atoms with van der Waals surface area (Å²) >= 11 is 0. The molecule has 6 heteroatoms. The van der Waals surface area contributed by atoms with Crippen molar-refractivity contribution in [2.45, 2.75) is 31.9 Å². The molecule has 1 aromatic rings. The zero-order valence-corrected chi connectivity index (χ0v) is 12.1. The van der Waals surface area contributed by atoms with E-state index in [0.717, 1.165) is 0 Å². The van der Waals surface area contributed by atoms with Gasteiger partial charge in [0, 0.05) is 18.6 Å². The molecule has 1 fully saturated rings. The zero-order valence-electron chi connectivity index (χ0n) is 12.1. The van der Waals surface area contributed by atoms with Gasteiger partial charge in [0.25, 0.3) is 5.91 Å². The lowest BCUT2D eigenvalue weighted by Gasteiger charge is -2.23. The number of benzene rings is 1. The molecule has 1 heterocycles. The minimum Gasteiger partial charge on any atom is -0.491 e. The van der Waals surface area contributed by atoms with Crippen molar-refractivity contribution in [1.29, 1.82) is 0 Å². The van der Waals surface area contributed by atoms with Gasteiger partial charge in [0.15, 0.2) is 5.54 Å². The first-order valence-electron chi connectivity index (χ1n) is 6.83. The van der Waals surface area contributed by atoms with Gasteiger partial charge in [-0.3, -0.25) is 4.79 Å². The lowest BCUT2D eigenvalue weighted by molar-refractivity contribution is -0.144.